The lowest BCUT2D eigenvalue weighted by Gasteiger charge is -2.19. The van der Waals surface area contributed by atoms with E-state index in [2.05, 4.69) is 26.0 Å². The highest BCUT2D eigenvalue weighted by atomic mass is 16.2. The van der Waals surface area contributed by atoms with Gasteiger partial charge in [0.2, 0.25) is 0 Å². The molecule has 1 aromatic rings. The van der Waals surface area contributed by atoms with Crippen molar-refractivity contribution >= 4 is 5.91 Å². The molecule has 0 unspecified atom stereocenters. The molecule has 0 aromatic heterocycles. The molecule has 2 N–H and O–H groups in total. The van der Waals surface area contributed by atoms with Crippen LogP contribution in [0.5, 0.6) is 0 Å². The molecule has 1 aliphatic rings. The Morgan fingerprint density at radius 1 is 1.41 bits per heavy atom. The molecule has 1 aromatic carbocycles. The Morgan fingerprint density at radius 3 is 2.82 bits per heavy atom. The Morgan fingerprint density at radius 2 is 2.18 bits per heavy atom. The van der Waals surface area contributed by atoms with Crippen LogP contribution in [0.1, 0.15) is 41.8 Å². The number of carbonyl (C=O) groups is 1. The van der Waals surface area contributed by atoms with E-state index in [1.54, 1.807) is 0 Å². The Balaban J connectivity index is 2.22. The van der Waals surface area contributed by atoms with Crippen molar-refractivity contribution in [1.29, 1.82) is 0 Å². The van der Waals surface area contributed by atoms with Crippen molar-refractivity contribution < 1.29 is 4.79 Å². The van der Waals surface area contributed by atoms with E-state index in [0.717, 1.165) is 30.5 Å². The predicted octanol–water partition coefficient (Wildman–Crippen LogP) is 1.94. The monoisotopic (exact) mass is 232 g/mol. The van der Waals surface area contributed by atoms with Crippen molar-refractivity contribution in [1.82, 2.24) is 4.90 Å². The van der Waals surface area contributed by atoms with E-state index < -0.39 is 0 Å². The van der Waals surface area contributed by atoms with Gasteiger partial charge in [-0.15, -0.1) is 0 Å². The minimum atomic E-state index is 0.171. The van der Waals surface area contributed by atoms with Crippen LogP contribution >= 0.6 is 0 Å². The average Bonchev–Trinajstić information content (AvgIpc) is 2.64. The molecule has 0 aliphatic carbocycles. The maximum Gasteiger partial charge on any atom is 0.254 e. The number of rotatable bonds is 4. The summed E-state index contributed by atoms with van der Waals surface area (Å²) in [6.07, 6.45) is 1.93. The van der Waals surface area contributed by atoms with Gasteiger partial charge in [-0.05, 0) is 50.4 Å². The van der Waals surface area contributed by atoms with Crippen molar-refractivity contribution in [2.24, 2.45) is 5.73 Å². The molecule has 3 nitrogen and oxygen atoms in total. The molecule has 1 aliphatic heterocycles. The van der Waals surface area contributed by atoms with Gasteiger partial charge in [0.05, 0.1) is 0 Å². The topological polar surface area (TPSA) is 46.3 Å². The molecular formula is C14H20N2O. The third-order valence-electron chi connectivity index (χ3n) is 3.30. The van der Waals surface area contributed by atoms with E-state index in [1.807, 2.05) is 11.0 Å². The van der Waals surface area contributed by atoms with Gasteiger partial charge in [-0.1, -0.05) is 12.1 Å². The number of fused-ring (bicyclic) bond motifs is 1. The summed E-state index contributed by atoms with van der Waals surface area (Å²) in [6.45, 7) is 5.56. The fourth-order valence-electron chi connectivity index (χ4n) is 2.25. The molecule has 0 bridgehead atoms. The first-order chi connectivity index (χ1) is 8.13. The van der Waals surface area contributed by atoms with Gasteiger partial charge in [0.25, 0.3) is 5.91 Å². The van der Waals surface area contributed by atoms with Gasteiger partial charge in [-0.2, -0.15) is 0 Å². The van der Waals surface area contributed by atoms with Gasteiger partial charge in [-0.3, -0.25) is 4.79 Å². The zero-order valence-electron chi connectivity index (χ0n) is 10.6. The molecule has 0 saturated carbocycles. The lowest BCUT2D eigenvalue weighted by Crippen LogP contribution is -2.30. The first-order valence-electron chi connectivity index (χ1n) is 6.26. The summed E-state index contributed by atoms with van der Waals surface area (Å²) >= 11 is 0. The number of aryl methyl sites for hydroxylation is 1. The van der Waals surface area contributed by atoms with Crippen LogP contribution in [0.3, 0.4) is 0 Å². The molecule has 2 rings (SSSR count). The SMILES string of the molecule is CC(C)N1Cc2ccc(CCCN)cc2C1=O. The van der Waals surface area contributed by atoms with Gasteiger partial charge in [0.15, 0.2) is 0 Å². The van der Waals surface area contributed by atoms with E-state index in [0.29, 0.717) is 6.54 Å². The molecule has 0 spiro atoms. The summed E-state index contributed by atoms with van der Waals surface area (Å²) < 4.78 is 0. The fourth-order valence-corrected chi connectivity index (χ4v) is 2.25. The van der Waals surface area contributed by atoms with Crippen molar-refractivity contribution in [3.63, 3.8) is 0 Å². The van der Waals surface area contributed by atoms with E-state index >= 15 is 0 Å². The standard InChI is InChI=1S/C14H20N2O/c1-10(2)16-9-12-6-5-11(4-3-7-15)8-13(12)14(16)17/h5-6,8,10H,3-4,7,9,15H2,1-2H3. The van der Waals surface area contributed by atoms with Crippen LogP contribution in [0.4, 0.5) is 0 Å². The van der Waals surface area contributed by atoms with Crippen LogP contribution in [0.25, 0.3) is 0 Å². The largest absolute Gasteiger partial charge is 0.332 e. The van der Waals surface area contributed by atoms with Crippen LogP contribution in [-0.2, 0) is 13.0 Å². The Kier molecular flexibility index (Phi) is 3.48. The minimum Gasteiger partial charge on any atom is -0.332 e. The van der Waals surface area contributed by atoms with Gasteiger partial charge >= 0.3 is 0 Å². The zero-order chi connectivity index (χ0) is 12.4. The number of benzene rings is 1. The van der Waals surface area contributed by atoms with E-state index in [1.165, 1.54) is 5.56 Å². The van der Waals surface area contributed by atoms with E-state index in [4.69, 9.17) is 5.73 Å². The van der Waals surface area contributed by atoms with Crippen molar-refractivity contribution in [3.8, 4) is 0 Å². The van der Waals surface area contributed by atoms with Crippen molar-refractivity contribution in [2.45, 2.75) is 39.3 Å². The fraction of sp³-hybridized carbons (Fsp3) is 0.500. The summed E-state index contributed by atoms with van der Waals surface area (Å²) in [5, 5.41) is 0. The molecule has 0 radical (unpaired) electrons. The highest BCUT2D eigenvalue weighted by Gasteiger charge is 2.28. The van der Waals surface area contributed by atoms with Crippen molar-refractivity contribution in [2.75, 3.05) is 6.54 Å². The molecule has 1 amide bonds. The number of amides is 1. The maximum atomic E-state index is 12.2. The van der Waals surface area contributed by atoms with Gasteiger partial charge in [-0.25, -0.2) is 0 Å². The summed E-state index contributed by atoms with van der Waals surface area (Å²) in [5.41, 5.74) is 8.75. The number of carbonyl (C=O) groups excluding carboxylic acids is 1. The zero-order valence-corrected chi connectivity index (χ0v) is 10.6. The highest BCUT2D eigenvalue weighted by Crippen LogP contribution is 2.25. The molecule has 1 heterocycles. The Bertz CT molecular complexity index is 426. The lowest BCUT2D eigenvalue weighted by molar-refractivity contribution is 0.0730. The summed E-state index contributed by atoms with van der Waals surface area (Å²) in [7, 11) is 0. The average molecular weight is 232 g/mol. The molecule has 17 heavy (non-hydrogen) atoms. The third kappa shape index (κ3) is 2.34. The second kappa shape index (κ2) is 4.88. The Labute approximate surface area is 103 Å². The molecule has 0 atom stereocenters. The van der Waals surface area contributed by atoms with Crippen LogP contribution in [0.2, 0.25) is 0 Å². The van der Waals surface area contributed by atoms with Gasteiger partial charge in [0.1, 0.15) is 0 Å². The smallest absolute Gasteiger partial charge is 0.254 e. The summed E-state index contributed by atoms with van der Waals surface area (Å²) in [6, 6.07) is 6.50. The summed E-state index contributed by atoms with van der Waals surface area (Å²) in [5.74, 6) is 0.171. The van der Waals surface area contributed by atoms with E-state index in [-0.39, 0.29) is 11.9 Å². The molecule has 3 heteroatoms. The van der Waals surface area contributed by atoms with Crippen molar-refractivity contribution in [3.05, 3.63) is 34.9 Å². The van der Waals surface area contributed by atoms with Crippen LogP contribution in [0.15, 0.2) is 18.2 Å². The maximum absolute atomic E-state index is 12.2. The number of hydrogen-bond donors (Lipinski definition) is 1. The normalized spacial score (nSPS) is 14.6. The third-order valence-corrected chi connectivity index (χ3v) is 3.30. The number of nitrogens with zero attached hydrogens (tertiary/aromatic N) is 1. The quantitative estimate of drug-likeness (QED) is 0.862. The van der Waals surface area contributed by atoms with Crippen LogP contribution in [-0.4, -0.2) is 23.4 Å². The predicted molar refractivity (Wildman–Crippen MR) is 68.8 cm³/mol. The first kappa shape index (κ1) is 12.1. The summed E-state index contributed by atoms with van der Waals surface area (Å²) in [4.78, 5) is 14.1. The number of hydrogen-bond acceptors (Lipinski definition) is 2. The molecular weight excluding hydrogens is 212 g/mol. The van der Waals surface area contributed by atoms with E-state index in [9.17, 15) is 4.79 Å². The highest BCUT2D eigenvalue weighted by molar-refractivity contribution is 5.98. The number of nitrogens with two attached hydrogens (primary N) is 1. The molecule has 0 saturated heterocycles. The van der Waals surface area contributed by atoms with Gasteiger partial charge in [0, 0.05) is 18.2 Å². The molecule has 92 valence electrons. The lowest BCUT2D eigenvalue weighted by atomic mass is 10.0. The van der Waals surface area contributed by atoms with Crippen LogP contribution < -0.4 is 5.73 Å². The second-order valence-electron chi connectivity index (χ2n) is 4.91. The first-order valence-corrected chi connectivity index (χ1v) is 6.26. The molecule has 0 fully saturated rings. The second-order valence-corrected chi connectivity index (χ2v) is 4.91. The Hall–Kier alpha value is -1.35. The van der Waals surface area contributed by atoms with Gasteiger partial charge < -0.3 is 10.6 Å². The minimum absolute atomic E-state index is 0.171. The van der Waals surface area contributed by atoms with Crippen LogP contribution in [0, 0.1) is 0 Å².